The number of benzene rings is 2. The second-order valence-electron chi connectivity index (χ2n) is 10.4. The predicted octanol–water partition coefficient (Wildman–Crippen LogP) is 4.37. The summed E-state index contributed by atoms with van der Waals surface area (Å²) in [5.74, 6) is -0.363. The SMILES string of the molecule is CC(=O)c1ccc(C(=O)NCCCCCCOP(C)(=O)[O-])cc1.CP(=O)([O-])OCCCCCCNC(=O)c1ccc(C=O)cc1. The third-order valence-corrected chi connectivity index (χ3v) is 7.53. The lowest BCUT2D eigenvalue weighted by atomic mass is 10.1. The Labute approximate surface area is 265 Å². The second kappa shape index (κ2) is 21.7. The Morgan fingerprint density at radius 1 is 0.644 bits per heavy atom. The minimum Gasteiger partial charge on any atom is -0.779 e. The number of hydrogen-bond acceptors (Lipinski definition) is 10. The Balaban J connectivity index is 0.000000450. The van der Waals surface area contributed by atoms with Crippen LogP contribution in [0.2, 0.25) is 0 Å². The number of hydrogen-bond donors (Lipinski definition) is 2. The normalized spacial score (nSPS) is 13.4. The van der Waals surface area contributed by atoms with Crippen LogP contribution in [0.4, 0.5) is 0 Å². The van der Waals surface area contributed by atoms with Crippen LogP contribution in [-0.2, 0) is 18.2 Å². The van der Waals surface area contributed by atoms with Gasteiger partial charge in [-0.25, -0.2) is 0 Å². The number of carbonyl (C=O) groups excluding carboxylic acids is 4. The Morgan fingerprint density at radius 2 is 1.00 bits per heavy atom. The molecule has 0 radical (unpaired) electrons. The summed E-state index contributed by atoms with van der Waals surface area (Å²) in [6, 6.07) is 13.0. The smallest absolute Gasteiger partial charge is 0.251 e. The van der Waals surface area contributed by atoms with Gasteiger partial charge in [0, 0.05) is 48.7 Å². The monoisotopic (exact) mass is 666 g/mol. The van der Waals surface area contributed by atoms with Crippen LogP contribution in [-0.4, -0.2) is 63.5 Å². The van der Waals surface area contributed by atoms with E-state index in [0.717, 1.165) is 58.1 Å². The number of Topliss-reactive ketones (excluding diaryl/α,β-unsaturated/α-hetero) is 1. The number of rotatable bonds is 20. The average Bonchev–Trinajstić information content (AvgIpc) is 2.99. The van der Waals surface area contributed by atoms with Gasteiger partial charge in [-0.1, -0.05) is 49.9 Å². The van der Waals surface area contributed by atoms with Crippen LogP contribution in [0.25, 0.3) is 0 Å². The standard InChI is InChI=1S/C16H24NO5P.C15H22NO5P/c1-13(18)14-7-9-15(10-8-14)16(19)17-11-5-3-4-6-12-22-23(2,20)21;1-22(19,20)21-11-5-3-2-4-10-16-15(18)14-8-6-13(12-17)7-9-14/h7-10H,3-6,11-12H2,1-2H3,(H,17,19)(H,20,21);6-9,12H,2-5,10-11H2,1H3,(H,16,18)(H,19,20)/p-2. The van der Waals surface area contributed by atoms with Crippen LogP contribution in [0.3, 0.4) is 0 Å². The van der Waals surface area contributed by atoms with Crippen LogP contribution in [0, 0.1) is 0 Å². The zero-order valence-electron chi connectivity index (χ0n) is 26.2. The summed E-state index contributed by atoms with van der Waals surface area (Å²) >= 11 is 0. The van der Waals surface area contributed by atoms with Gasteiger partial charge in [-0.15, -0.1) is 0 Å². The Kier molecular flexibility index (Phi) is 19.3. The average molecular weight is 667 g/mol. The van der Waals surface area contributed by atoms with Gasteiger partial charge >= 0.3 is 0 Å². The highest BCUT2D eigenvalue weighted by Crippen LogP contribution is 2.31. The van der Waals surface area contributed by atoms with Crippen molar-refractivity contribution in [2.24, 2.45) is 0 Å². The lowest BCUT2D eigenvalue weighted by molar-refractivity contribution is -0.197. The number of carbonyl (C=O) groups is 4. The van der Waals surface area contributed by atoms with Crippen molar-refractivity contribution < 1.29 is 47.1 Å². The van der Waals surface area contributed by atoms with Crippen molar-refractivity contribution >= 4 is 39.1 Å². The van der Waals surface area contributed by atoms with Crippen molar-refractivity contribution in [1.82, 2.24) is 10.6 Å². The first-order chi connectivity index (χ1) is 21.2. The molecule has 0 bridgehead atoms. The fourth-order valence-corrected chi connectivity index (χ4v) is 4.72. The molecular formula is C31H44N2O10P2-2. The molecular weight excluding hydrogens is 622 g/mol. The number of unbranched alkanes of at least 4 members (excludes halogenated alkanes) is 6. The van der Waals surface area contributed by atoms with Crippen molar-refractivity contribution in [2.75, 3.05) is 39.6 Å². The third-order valence-electron chi connectivity index (χ3n) is 6.23. The van der Waals surface area contributed by atoms with Crippen molar-refractivity contribution in [3.8, 4) is 0 Å². The first-order valence-electron chi connectivity index (χ1n) is 14.8. The molecule has 250 valence electrons. The summed E-state index contributed by atoms with van der Waals surface area (Å²) in [7, 11) is -7.22. The van der Waals surface area contributed by atoms with Gasteiger partial charge < -0.3 is 38.6 Å². The first-order valence-corrected chi connectivity index (χ1v) is 18.8. The molecule has 2 N–H and O–H groups in total. The molecule has 0 spiro atoms. The van der Waals surface area contributed by atoms with Crippen LogP contribution < -0.4 is 20.4 Å². The topological polar surface area (TPSA) is 191 Å². The molecule has 2 amide bonds. The molecule has 0 saturated carbocycles. The van der Waals surface area contributed by atoms with E-state index in [2.05, 4.69) is 19.7 Å². The Bertz CT molecular complexity index is 1290. The molecule has 0 heterocycles. The summed E-state index contributed by atoms with van der Waals surface area (Å²) in [5, 5.41) is 5.61. The summed E-state index contributed by atoms with van der Waals surface area (Å²) in [4.78, 5) is 66.9. The number of ketones is 1. The minimum absolute atomic E-state index is 0.0302. The second-order valence-corrected chi connectivity index (χ2v) is 14.0. The molecule has 2 aromatic carbocycles. The highest BCUT2D eigenvalue weighted by atomic mass is 31.2. The molecule has 0 aliphatic heterocycles. The Hall–Kier alpha value is -2.98. The molecule has 2 rings (SSSR count). The third kappa shape index (κ3) is 20.6. The van der Waals surface area contributed by atoms with Crippen LogP contribution in [0.15, 0.2) is 48.5 Å². The van der Waals surface area contributed by atoms with E-state index >= 15 is 0 Å². The highest BCUT2D eigenvalue weighted by molar-refractivity contribution is 7.50. The summed E-state index contributed by atoms with van der Waals surface area (Å²) in [6.45, 7) is 5.15. The largest absolute Gasteiger partial charge is 0.779 e. The number of nitrogens with one attached hydrogen (secondary N) is 2. The molecule has 0 aliphatic carbocycles. The van der Waals surface area contributed by atoms with Crippen molar-refractivity contribution in [3.05, 3.63) is 70.8 Å². The van der Waals surface area contributed by atoms with Crippen molar-refractivity contribution in [3.63, 3.8) is 0 Å². The van der Waals surface area contributed by atoms with E-state index in [9.17, 15) is 38.1 Å². The van der Waals surface area contributed by atoms with Gasteiger partial charge in [0.15, 0.2) is 5.78 Å². The Morgan fingerprint density at radius 3 is 1.36 bits per heavy atom. The van der Waals surface area contributed by atoms with Crippen LogP contribution in [0.1, 0.15) is 99.7 Å². The predicted molar refractivity (Wildman–Crippen MR) is 169 cm³/mol. The molecule has 0 aliphatic rings. The molecule has 0 fully saturated rings. The van der Waals surface area contributed by atoms with E-state index in [0.29, 0.717) is 48.2 Å². The summed E-state index contributed by atoms with van der Waals surface area (Å²) in [6.07, 6.45) is 7.21. The quantitative estimate of drug-likeness (QED) is 0.0888. The summed E-state index contributed by atoms with van der Waals surface area (Å²) < 4.78 is 30.8. The maximum atomic E-state index is 11.9. The molecule has 14 heteroatoms. The van der Waals surface area contributed by atoms with E-state index in [4.69, 9.17) is 0 Å². The van der Waals surface area contributed by atoms with E-state index in [1.165, 1.54) is 6.92 Å². The summed E-state index contributed by atoms with van der Waals surface area (Å²) in [5.41, 5.74) is 2.16. The van der Waals surface area contributed by atoms with E-state index in [-0.39, 0.29) is 30.8 Å². The fraction of sp³-hybridized carbons (Fsp3) is 0.484. The van der Waals surface area contributed by atoms with Crippen LogP contribution >= 0.6 is 15.2 Å². The van der Waals surface area contributed by atoms with Gasteiger partial charge in [0.05, 0.1) is 13.2 Å². The van der Waals surface area contributed by atoms with E-state index < -0.39 is 15.2 Å². The molecule has 2 unspecified atom stereocenters. The highest BCUT2D eigenvalue weighted by Gasteiger charge is 2.07. The zero-order valence-corrected chi connectivity index (χ0v) is 27.9. The molecule has 0 aromatic heterocycles. The van der Waals surface area contributed by atoms with Gasteiger partial charge in [0.1, 0.15) is 21.5 Å². The fourth-order valence-electron chi connectivity index (χ4n) is 3.80. The maximum Gasteiger partial charge on any atom is 0.251 e. The molecule has 2 atom stereocenters. The number of aldehydes is 1. The van der Waals surface area contributed by atoms with Gasteiger partial charge in [0.2, 0.25) is 0 Å². The van der Waals surface area contributed by atoms with Gasteiger partial charge in [-0.3, -0.25) is 19.2 Å². The van der Waals surface area contributed by atoms with Crippen molar-refractivity contribution in [1.29, 1.82) is 0 Å². The first kappa shape index (κ1) is 40.0. The molecule has 12 nitrogen and oxygen atoms in total. The lowest BCUT2D eigenvalue weighted by Gasteiger charge is -2.17. The maximum absolute atomic E-state index is 11.9. The van der Waals surface area contributed by atoms with Gasteiger partial charge in [-0.2, -0.15) is 0 Å². The molecule has 2 aromatic rings. The van der Waals surface area contributed by atoms with E-state index in [1.54, 1.807) is 48.5 Å². The van der Waals surface area contributed by atoms with E-state index in [1.807, 2.05) is 0 Å². The number of amides is 2. The lowest BCUT2D eigenvalue weighted by Crippen LogP contribution is -2.24. The minimum atomic E-state index is -3.61. The molecule has 45 heavy (non-hydrogen) atoms. The van der Waals surface area contributed by atoms with Gasteiger partial charge in [0.25, 0.3) is 11.8 Å². The van der Waals surface area contributed by atoms with Crippen LogP contribution in [0.5, 0.6) is 0 Å². The zero-order chi connectivity index (χ0) is 33.7. The van der Waals surface area contributed by atoms with Gasteiger partial charge in [-0.05, 0) is 56.9 Å². The molecule has 0 saturated heterocycles. The van der Waals surface area contributed by atoms with Crippen molar-refractivity contribution in [2.45, 2.75) is 58.3 Å².